The quantitative estimate of drug-likeness (QED) is 0.269. The zero-order valence-electron chi connectivity index (χ0n) is 18.2. The van der Waals surface area contributed by atoms with E-state index >= 15 is 0 Å². The number of hydrogen-bond acceptors (Lipinski definition) is 5. The van der Waals surface area contributed by atoms with Gasteiger partial charge in [-0.05, 0) is 73.3 Å². The van der Waals surface area contributed by atoms with E-state index in [1.165, 1.54) is 53.1 Å². The fraction of sp³-hybridized carbons (Fsp3) is 0.120. The van der Waals surface area contributed by atoms with Gasteiger partial charge in [0.15, 0.2) is 5.17 Å². The zero-order valence-corrected chi connectivity index (χ0v) is 19.8. The number of aliphatic imine (C=N–C) groups is 1. The first-order valence-electron chi connectivity index (χ1n) is 10.6. The van der Waals surface area contributed by atoms with Gasteiger partial charge in [0.25, 0.3) is 5.91 Å². The molecular weight excluding hydrogens is 498 g/mol. The number of nitrogens with zero attached hydrogens (tertiary/aromatic N) is 3. The number of thioether (sulfide) groups is 2. The molecule has 0 aromatic heterocycles. The van der Waals surface area contributed by atoms with Crippen molar-refractivity contribution in [2.45, 2.75) is 18.0 Å². The van der Waals surface area contributed by atoms with Crippen molar-refractivity contribution in [1.82, 2.24) is 0 Å². The first-order chi connectivity index (χ1) is 16.8. The summed E-state index contributed by atoms with van der Waals surface area (Å²) in [6.45, 7) is 2.59. The maximum Gasteiger partial charge on any atom is 0.416 e. The van der Waals surface area contributed by atoms with Crippen molar-refractivity contribution in [3.05, 3.63) is 94.1 Å². The molecule has 4 nitrogen and oxygen atoms in total. The van der Waals surface area contributed by atoms with Crippen LogP contribution in [0.25, 0.3) is 0 Å². The molecule has 5 rings (SSSR count). The molecule has 35 heavy (non-hydrogen) atoms. The Kier molecular flexibility index (Phi) is 6.10. The van der Waals surface area contributed by atoms with Crippen molar-refractivity contribution in [1.29, 1.82) is 0 Å². The number of fused-ring (bicyclic) bond motifs is 1. The molecule has 2 aliphatic heterocycles. The minimum atomic E-state index is -4.52. The Morgan fingerprint density at radius 2 is 1.69 bits per heavy atom. The Balaban J connectivity index is 1.62. The van der Waals surface area contributed by atoms with Crippen LogP contribution in [-0.4, -0.2) is 17.6 Å². The third-order valence-corrected chi connectivity index (χ3v) is 7.72. The third kappa shape index (κ3) is 4.43. The second-order valence-electron chi connectivity index (χ2n) is 7.61. The van der Waals surface area contributed by atoms with Gasteiger partial charge >= 0.3 is 6.18 Å². The van der Waals surface area contributed by atoms with Crippen molar-refractivity contribution in [3.8, 4) is 0 Å². The molecular formula is C25H17F4N3OS2. The number of amides is 1. The smallest absolute Gasteiger partial charge is 0.334 e. The number of amidine groups is 1. The Morgan fingerprint density at radius 3 is 2.40 bits per heavy atom. The van der Waals surface area contributed by atoms with Crippen molar-refractivity contribution in [2.24, 2.45) is 4.99 Å². The number of benzene rings is 3. The summed E-state index contributed by atoms with van der Waals surface area (Å²) in [5, 5.41) is 0.918. The topological polar surface area (TPSA) is 35.9 Å². The number of rotatable bonds is 3. The van der Waals surface area contributed by atoms with E-state index in [0.717, 1.165) is 39.5 Å². The van der Waals surface area contributed by atoms with Crippen LogP contribution in [0, 0.1) is 5.82 Å². The van der Waals surface area contributed by atoms with E-state index in [2.05, 4.69) is 4.99 Å². The van der Waals surface area contributed by atoms with Crippen LogP contribution in [0.15, 0.2) is 92.6 Å². The van der Waals surface area contributed by atoms with Gasteiger partial charge in [-0.3, -0.25) is 9.69 Å². The molecule has 1 amide bonds. The molecule has 178 valence electrons. The first-order valence-corrected chi connectivity index (χ1v) is 12.2. The van der Waals surface area contributed by atoms with Gasteiger partial charge in [0, 0.05) is 11.4 Å². The van der Waals surface area contributed by atoms with E-state index in [1.807, 2.05) is 36.1 Å². The highest BCUT2D eigenvalue weighted by Crippen LogP contribution is 2.51. The van der Waals surface area contributed by atoms with E-state index in [9.17, 15) is 22.4 Å². The minimum absolute atomic E-state index is 0.0585. The summed E-state index contributed by atoms with van der Waals surface area (Å²) >= 11 is 2.55. The molecule has 2 heterocycles. The van der Waals surface area contributed by atoms with E-state index in [0.29, 0.717) is 17.1 Å². The predicted molar refractivity (Wildman–Crippen MR) is 132 cm³/mol. The van der Waals surface area contributed by atoms with Crippen LogP contribution in [0.1, 0.15) is 12.5 Å². The lowest BCUT2D eigenvalue weighted by Gasteiger charge is -2.19. The van der Waals surface area contributed by atoms with Crippen LogP contribution in [0.2, 0.25) is 0 Å². The number of carbonyl (C=O) groups excluding carboxylic acids is 1. The minimum Gasteiger partial charge on any atom is -0.334 e. The lowest BCUT2D eigenvalue weighted by Crippen LogP contribution is -2.29. The standard InChI is InChI=1S/C25H17F4N3OS2/c1-2-31-19-8-3-4-9-20(19)34-23(31)21-22(33)32(18-12-10-16(26)11-13-18)24(35-21)30-17-7-5-6-15(14-17)25(27,28)29/h3-14H,2H2,1H3. The summed E-state index contributed by atoms with van der Waals surface area (Å²) in [5.74, 6) is -0.844. The van der Waals surface area contributed by atoms with Gasteiger partial charge in [0.05, 0.1) is 22.6 Å². The van der Waals surface area contributed by atoms with Crippen molar-refractivity contribution in [2.75, 3.05) is 16.3 Å². The second kappa shape index (κ2) is 9.09. The van der Waals surface area contributed by atoms with Gasteiger partial charge in [0.2, 0.25) is 0 Å². The molecule has 0 aliphatic carbocycles. The molecule has 3 aromatic rings. The number of hydrogen-bond donors (Lipinski definition) is 0. The number of anilines is 2. The fourth-order valence-electron chi connectivity index (χ4n) is 3.78. The van der Waals surface area contributed by atoms with Gasteiger partial charge in [0.1, 0.15) is 15.8 Å². The summed E-state index contributed by atoms with van der Waals surface area (Å²) in [6.07, 6.45) is -4.52. The number of para-hydroxylation sites is 1. The van der Waals surface area contributed by atoms with Gasteiger partial charge in [-0.25, -0.2) is 9.38 Å². The average molecular weight is 516 g/mol. The molecule has 0 unspecified atom stereocenters. The highest BCUT2D eigenvalue weighted by molar-refractivity contribution is 8.20. The summed E-state index contributed by atoms with van der Waals surface area (Å²) in [5.41, 5.74) is 0.573. The molecule has 0 saturated carbocycles. The average Bonchev–Trinajstić information content (AvgIpc) is 3.36. The number of alkyl halides is 3. The molecule has 1 saturated heterocycles. The Hall–Kier alpha value is -3.24. The number of carbonyl (C=O) groups is 1. The number of halogens is 4. The maximum absolute atomic E-state index is 13.7. The molecule has 0 atom stereocenters. The van der Waals surface area contributed by atoms with E-state index in [4.69, 9.17) is 0 Å². The van der Waals surface area contributed by atoms with Crippen LogP contribution in [0.4, 0.5) is 34.6 Å². The Labute approximate surface area is 207 Å². The fourth-order valence-corrected chi connectivity index (χ4v) is 6.17. The lowest BCUT2D eigenvalue weighted by atomic mass is 10.2. The predicted octanol–water partition coefficient (Wildman–Crippen LogP) is 7.41. The SMILES string of the molecule is CCN1C(=C2SC(=Nc3cccc(C(F)(F)F)c3)N(c3ccc(F)cc3)C2=O)Sc2ccccc21. The molecule has 0 radical (unpaired) electrons. The van der Waals surface area contributed by atoms with E-state index in [-0.39, 0.29) is 16.8 Å². The van der Waals surface area contributed by atoms with E-state index < -0.39 is 17.6 Å². The first kappa shape index (κ1) is 23.5. The molecule has 0 spiro atoms. The van der Waals surface area contributed by atoms with Crippen molar-refractivity contribution in [3.63, 3.8) is 0 Å². The van der Waals surface area contributed by atoms with Crippen LogP contribution < -0.4 is 9.80 Å². The monoisotopic (exact) mass is 515 g/mol. The molecule has 0 N–H and O–H groups in total. The van der Waals surface area contributed by atoms with Crippen molar-refractivity contribution < 1.29 is 22.4 Å². The Morgan fingerprint density at radius 1 is 0.943 bits per heavy atom. The van der Waals surface area contributed by atoms with Crippen LogP contribution >= 0.6 is 23.5 Å². The zero-order chi connectivity index (χ0) is 24.7. The molecule has 3 aromatic carbocycles. The normalized spacial score (nSPS) is 19.1. The van der Waals surface area contributed by atoms with Gasteiger partial charge in [-0.2, -0.15) is 13.2 Å². The Bertz CT molecular complexity index is 1370. The van der Waals surface area contributed by atoms with Crippen LogP contribution in [0.3, 0.4) is 0 Å². The summed E-state index contributed by atoms with van der Waals surface area (Å²) in [6, 6.07) is 17.7. The van der Waals surface area contributed by atoms with Gasteiger partial charge in [-0.1, -0.05) is 30.0 Å². The van der Waals surface area contributed by atoms with E-state index in [1.54, 1.807) is 0 Å². The molecule has 0 bridgehead atoms. The highest BCUT2D eigenvalue weighted by Gasteiger charge is 2.40. The summed E-state index contributed by atoms with van der Waals surface area (Å²) < 4.78 is 53.3. The van der Waals surface area contributed by atoms with Crippen molar-refractivity contribution >= 4 is 51.7 Å². The van der Waals surface area contributed by atoms with Crippen LogP contribution in [-0.2, 0) is 11.0 Å². The highest BCUT2D eigenvalue weighted by atomic mass is 32.2. The largest absolute Gasteiger partial charge is 0.416 e. The lowest BCUT2D eigenvalue weighted by molar-refractivity contribution is -0.137. The molecule has 1 fully saturated rings. The third-order valence-electron chi connectivity index (χ3n) is 5.38. The molecule has 10 heteroatoms. The van der Waals surface area contributed by atoms with Gasteiger partial charge in [-0.15, -0.1) is 0 Å². The summed E-state index contributed by atoms with van der Waals surface area (Å²) in [7, 11) is 0. The van der Waals surface area contributed by atoms with Crippen LogP contribution in [0.5, 0.6) is 0 Å². The van der Waals surface area contributed by atoms with Gasteiger partial charge < -0.3 is 4.90 Å². The second-order valence-corrected chi connectivity index (χ2v) is 9.62. The maximum atomic E-state index is 13.7. The molecule has 2 aliphatic rings. The summed E-state index contributed by atoms with van der Waals surface area (Å²) in [4.78, 5) is 22.8.